The Hall–Kier alpha value is -0.650. The maximum atomic E-state index is 5.33. The molecule has 0 saturated carbocycles. The second-order valence-corrected chi connectivity index (χ2v) is 5.00. The Bertz CT molecular complexity index is 304. The van der Waals surface area contributed by atoms with Gasteiger partial charge in [0.15, 0.2) is 5.13 Å². The van der Waals surface area contributed by atoms with Gasteiger partial charge < -0.3 is 15.0 Å². The molecule has 0 fully saturated rings. The van der Waals surface area contributed by atoms with E-state index in [4.69, 9.17) is 4.74 Å². The van der Waals surface area contributed by atoms with E-state index in [1.807, 2.05) is 13.1 Å². The number of ether oxygens (including phenoxy) is 1. The zero-order chi connectivity index (χ0) is 12.5. The predicted molar refractivity (Wildman–Crippen MR) is 73.9 cm³/mol. The van der Waals surface area contributed by atoms with Gasteiger partial charge in [0.25, 0.3) is 0 Å². The Balaban J connectivity index is 2.33. The summed E-state index contributed by atoms with van der Waals surface area (Å²) in [6.45, 7) is 8.60. The van der Waals surface area contributed by atoms with Crippen LogP contribution in [-0.2, 0) is 11.3 Å². The molecule has 4 nitrogen and oxygen atoms in total. The number of likely N-dealkylation sites (N-methyl/N-ethyl adjacent to an activating group) is 1. The molecular formula is C12H23N3OS. The van der Waals surface area contributed by atoms with Gasteiger partial charge in [-0.2, -0.15) is 0 Å². The van der Waals surface area contributed by atoms with Crippen molar-refractivity contribution in [3.05, 3.63) is 11.1 Å². The maximum absolute atomic E-state index is 5.33. The fraction of sp³-hybridized carbons (Fsp3) is 0.750. The molecule has 0 aliphatic heterocycles. The highest BCUT2D eigenvalue weighted by Crippen LogP contribution is 2.20. The van der Waals surface area contributed by atoms with Crippen LogP contribution < -0.4 is 10.2 Å². The second-order valence-electron chi connectivity index (χ2n) is 3.90. The van der Waals surface area contributed by atoms with Crippen LogP contribution in [0.3, 0.4) is 0 Å². The number of hydrogen-bond donors (Lipinski definition) is 1. The fourth-order valence-corrected chi connectivity index (χ4v) is 2.25. The fourth-order valence-electron chi connectivity index (χ4n) is 1.39. The van der Waals surface area contributed by atoms with Gasteiger partial charge in [0, 0.05) is 37.8 Å². The zero-order valence-electron chi connectivity index (χ0n) is 11.0. The van der Waals surface area contributed by atoms with Crippen molar-refractivity contribution in [3.63, 3.8) is 0 Å². The van der Waals surface area contributed by atoms with Crippen molar-refractivity contribution >= 4 is 16.5 Å². The second kappa shape index (κ2) is 8.44. The molecule has 0 aliphatic rings. The summed E-state index contributed by atoms with van der Waals surface area (Å²) in [6, 6.07) is 0. The van der Waals surface area contributed by atoms with Gasteiger partial charge in [-0.1, -0.05) is 6.92 Å². The van der Waals surface area contributed by atoms with Gasteiger partial charge in [-0.15, -0.1) is 11.3 Å². The first kappa shape index (κ1) is 14.4. The van der Waals surface area contributed by atoms with Crippen molar-refractivity contribution in [3.8, 4) is 0 Å². The van der Waals surface area contributed by atoms with E-state index in [1.54, 1.807) is 11.3 Å². The molecule has 0 unspecified atom stereocenters. The zero-order valence-corrected chi connectivity index (χ0v) is 11.8. The molecule has 1 N–H and O–H groups in total. The Morgan fingerprint density at radius 1 is 1.47 bits per heavy atom. The Morgan fingerprint density at radius 3 is 3.00 bits per heavy atom. The third-order valence-electron chi connectivity index (χ3n) is 2.37. The number of thiazole rings is 1. The van der Waals surface area contributed by atoms with E-state index in [2.05, 4.69) is 29.2 Å². The van der Waals surface area contributed by atoms with Gasteiger partial charge in [-0.05, 0) is 19.9 Å². The van der Waals surface area contributed by atoms with E-state index < -0.39 is 0 Å². The smallest absolute Gasteiger partial charge is 0.185 e. The lowest BCUT2D eigenvalue weighted by molar-refractivity contribution is 0.154. The quantitative estimate of drug-likeness (QED) is 0.688. The molecule has 1 aromatic heterocycles. The minimum absolute atomic E-state index is 0.760. The third kappa shape index (κ3) is 5.48. The molecule has 1 rings (SSSR count). The summed E-state index contributed by atoms with van der Waals surface area (Å²) in [5, 5.41) is 4.45. The molecule has 98 valence electrons. The van der Waals surface area contributed by atoms with Crippen molar-refractivity contribution in [2.75, 3.05) is 38.3 Å². The first-order valence-electron chi connectivity index (χ1n) is 6.22. The highest BCUT2D eigenvalue weighted by molar-refractivity contribution is 7.15. The molecule has 1 heterocycles. The van der Waals surface area contributed by atoms with E-state index in [1.165, 1.54) is 11.3 Å². The van der Waals surface area contributed by atoms with E-state index in [9.17, 15) is 0 Å². The summed E-state index contributed by atoms with van der Waals surface area (Å²) in [7, 11) is 2.06. The van der Waals surface area contributed by atoms with Crippen molar-refractivity contribution in [2.24, 2.45) is 0 Å². The maximum Gasteiger partial charge on any atom is 0.185 e. The molecule has 0 saturated heterocycles. The normalized spacial score (nSPS) is 10.8. The summed E-state index contributed by atoms with van der Waals surface area (Å²) in [5.41, 5.74) is 0. The van der Waals surface area contributed by atoms with Crippen LogP contribution in [0.2, 0.25) is 0 Å². The lowest BCUT2D eigenvalue weighted by Crippen LogP contribution is -2.22. The average Bonchev–Trinajstić information content (AvgIpc) is 2.78. The van der Waals surface area contributed by atoms with Crippen molar-refractivity contribution in [1.82, 2.24) is 10.3 Å². The summed E-state index contributed by atoms with van der Waals surface area (Å²) in [6.07, 6.45) is 3.12. The lowest BCUT2D eigenvalue weighted by Gasteiger charge is -2.14. The summed E-state index contributed by atoms with van der Waals surface area (Å²) in [4.78, 5) is 7.85. The SMILES string of the molecule is CCCNCc1cnc(N(C)CCOCC)s1. The minimum atomic E-state index is 0.760. The Labute approximate surface area is 108 Å². The van der Waals surface area contributed by atoms with Crippen LogP contribution >= 0.6 is 11.3 Å². The first-order chi connectivity index (χ1) is 8.27. The van der Waals surface area contributed by atoms with Gasteiger partial charge >= 0.3 is 0 Å². The Morgan fingerprint density at radius 2 is 2.29 bits per heavy atom. The van der Waals surface area contributed by atoms with Gasteiger partial charge in [0.1, 0.15) is 0 Å². The van der Waals surface area contributed by atoms with Crippen molar-refractivity contribution in [2.45, 2.75) is 26.8 Å². The number of aromatic nitrogens is 1. The first-order valence-corrected chi connectivity index (χ1v) is 7.03. The van der Waals surface area contributed by atoms with Gasteiger partial charge in [-0.25, -0.2) is 4.98 Å². The molecule has 0 radical (unpaired) electrons. The number of hydrogen-bond acceptors (Lipinski definition) is 5. The van der Waals surface area contributed by atoms with E-state index in [-0.39, 0.29) is 0 Å². The lowest BCUT2D eigenvalue weighted by atomic mass is 10.4. The number of anilines is 1. The average molecular weight is 257 g/mol. The van der Waals surface area contributed by atoms with Crippen LogP contribution in [0, 0.1) is 0 Å². The highest BCUT2D eigenvalue weighted by Gasteiger charge is 2.06. The monoisotopic (exact) mass is 257 g/mol. The molecule has 0 amide bonds. The van der Waals surface area contributed by atoms with Crippen LogP contribution in [0.1, 0.15) is 25.1 Å². The van der Waals surface area contributed by atoms with Crippen LogP contribution in [0.25, 0.3) is 0 Å². The molecule has 1 aromatic rings. The summed E-state index contributed by atoms with van der Waals surface area (Å²) in [5.74, 6) is 0. The molecular weight excluding hydrogens is 234 g/mol. The highest BCUT2D eigenvalue weighted by atomic mass is 32.1. The van der Waals surface area contributed by atoms with E-state index in [0.717, 1.165) is 38.0 Å². The summed E-state index contributed by atoms with van der Waals surface area (Å²) < 4.78 is 5.33. The molecule has 0 atom stereocenters. The Kier molecular flexibility index (Phi) is 7.16. The van der Waals surface area contributed by atoms with E-state index in [0.29, 0.717) is 0 Å². The van der Waals surface area contributed by atoms with Crippen molar-refractivity contribution < 1.29 is 4.74 Å². The number of nitrogens with zero attached hydrogens (tertiary/aromatic N) is 2. The van der Waals surface area contributed by atoms with Crippen LogP contribution in [-0.4, -0.2) is 38.3 Å². The largest absolute Gasteiger partial charge is 0.380 e. The number of nitrogens with one attached hydrogen (secondary N) is 1. The molecule has 0 spiro atoms. The standard InChI is InChI=1S/C12H23N3OS/c1-4-6-13-9-11-10-14-12(17-11)15(3)7-8-16-5-2/h10,13H,4-9H2,1-3H3. The van der Waals surface area contributed by atoms with Crippen LogP contribution in [0.4, 0.5) is 5.13 Å². The molecule has 0 aliphatic carbocycles. The van der Waals surface area contributed by atoms with Gasteiger partial charge in [0.2, 0.25) is 0 Å². The molecule has 0 bridgehead atoms. The van der Waals surface area contributed by atoms with Crippen LogP contribution in [0.15, 0.2) is 6.20 Å². The van der Waals surface area contributed by atoms with Crippen molar-refractivity contribution in [1.29, 1.82) is 0 Å². The summed E-state index contributed by atoms with van der Waals surface area (Å²) >= 11 is 1.75. The molecule has 17 heavy (non-hydrogen) atoms. The molecule has 0 aromatic carbocycles. The van der Waals surface area contributed by atoms with Gasteiger partial charge in [0.05, 0.1) is 6.61 Å². The van der Waals surface area contributed by atoms with Crippen LogP contribution in [0.5, 0.6) is 0 Å². The van der Waals surface area contributed by atoms with E-state index >= 15 is 0 Å². The topological polar surface area (TPSA) is 37.4 Å². The number of rotatable bonds is 9. The third-order valence-corrected chi connectivity index (χ3v) is 3.48. The predicted octanol–water partition coefficient (Wildman–Crippen LogP) is 2.12. The molecule has 5 heteroatoms. The minimum Gasteiger partial charge on any atom is -0.380 e. The van der Waals surface area contributed by atoms with Gasteiger partial charge in [-0.3, -0.25) is 0 Å².